The number of nitrogens with one attached hydrogen (secondary N) is 1. The van der Waals surface area contributed by atoms with Crippen LogP contribution in [0.5, 0.6) is 0 Å². The van der Waals surface area contributed by atoms with Gasteiger partial charge in [-0.3, -0.25) is 9.69 Å². The minimum absolute atomic E-state index is 0.156. The van der Waals surface area contributed by atoms with Crippen LogP contribution in [0.4, 0.5) is 4.79 Å². The summed E-state index contributed by atoms with van der Waals surface area (Å²) < 4.78 is 26.7. The Hall–Kier alpha value is -3.01. The number of imide groups is 1. The molecule has 0 radical (unpaired) electrons. The molecule has 2 saturated heterocycles. The summed E-state index contributed by atoms with van der Waals surface area (Å²) >= 11 is 0. The van der Waals surface area contributed by atoms with Crippen LogP contribution in [-0.4, -0.2) is 73.4 Å². The molecular formula is C23H26N4O4S. The third kappa shape index (κ3) is 5.24. The molecule has 2 aromatic carbocycles. The Balaban J connectivity index is 1.30. The largest absolute Gasteiger partial charge is 0.325 e. The van der Waals surface area contributed by atoms with E-state index in [0.29, 0.717) is 32.6 Å². The van der Waals surface area contributed by atoms with Gasteiger partial charge in [0.05, 0.1) is 6.67 Å². The van der Waals surface area contributed by atoms with Crippen LogP contribution in [0.1, 0.15) is 11.1 Å². The van der Waals surface area contributed by atoms with E-state index in [1.165, 1.54) is 14.6 Å². The van der Waals surface area contributed by atoms with Gasteiger partial charge in [0.2, 0.25) is 10.0 Å². The van der Waals surface area contributed by atoms with Gasteiger partial charge < -0.3 is 5.32 Å². The lowest BCUT2D eigenvalue weighted by Crippen LogP contribution is -2.52. The van der Waals surface area contributed by atoms with E-state index < -0.39 is 22.1 Å². The number of sulfonamides is 1. The lowest BCUT2D eigenvalue weighted by Gasteiger charge is -2.34. The average molecular weight is 455 g/mol. The van der Waals surface area contributed by atoms with Crippen molar-refractivity contribution in [3.63, 3.8) is 0 Å². The number of amides is 3. The lowest BCUT2D eigenvalue weighted by molar-refractivity contribution is -0.129. The smallest absolute Gasteiger partial charge is 0.325 e. The maximum Gasteiger partial charge on any atom is 0.325 e. The molecule has 2 aliphatic rings. The Labute approximate surface area is 188 Å². The van der Waals surface area contributed by atoms with Crippen LogP contribution in [0.3, 0.4) is 0 Å². The Kier molecular flexibility index (Phi) is 6.69. The van der Waals surface area contributed by atoms with Crippen LogP contribution >= 0.6 is 0 Å². The molecule has 168 valence electrons. The van der Waals surface area contributed by atoms with E-state index in [-0.39, 0.29) is 12.6 Å². The van der Waals surface area contributed by atoms with E-state index in [1.54, 1.807) is 6.08 Å². The molecule has 9 heteroatoms. The SMILES string of the molecule is O=C1NC(Cc2ccccc2)C(=O)N1CN1CCN(S(=O)(=O)C=Cc2ccccc2)CC1. The fourth-order valence-electron chi connectivity index (χ4n) is 3.84. The van der Waals surface area contributed by atoms with Crippen molar-refractivity contribution in [2.24, 2.45) is 0 Å². The average Bonchev–Trinajstić information content (AvgIpc) is 3.07. The van der Waals surface area contributed by atoms with E-state index in [1.807, 2.05) is 65.6 Å². The number of carbonyl (C=O) groups excluding carboxylic acids is 2. The summed E-state index contributed by atoms with van der Waals surface area (Å²) in [4.78, 5) is 28.2. The first-order valence-corrected chi connectivity index (χ1v) is 12.0. The molecule has 0 aliphatic carbocycles. The zero-order valence-corrected chi connectivity index (χ0v) is 18.4. The Morgan fingerprint density at radius 3 is 2.19 bits per heavy atom. The highest BCUT2D eigenvalue weighted by Crippen LogP contribution is 2.15. The van der Waals surface area contributed by atoms with Crippen molar-refractivity contribution in [2.45, 2.75) is 12.5 Å². The van der Waals surface area contributed by atoms with Crippen molar-refractivity contribution in [1.29, 1.82) is 0 Å². The fourth-order valence-corrected chi connectivity index (χ4v) is 5.01. The molecular weight excluding hydrogens is 428 g/mol. The van der Waals surface area contributed by atoms with Gasteiger partial charge >= 0.3 is 6.03 Å². The molecule has 0 bridgehead atoms. The molecule has 1 N–H and O–H groups in total. The van der Waals surface area contributed by atoms with Crippen LogP contribution in [-0.2, 0) is 21.2 Å². The van der Waals surface area contributed by atoms with Crippen molar-refractivity contribution in [3.8, 4) is 0 Å². The molecule has 1 unspecified atom stereocenters. The Morgan fingerprint density at radius 1 is 0.906 bits per heavy atom. The molecule has 0 spiro atoms. The molecule has 8 nitrogen and oxygen atoms in total. The minimum atomic E-state index is -3.53. The Bertz CT molecular complexity index is 1080. The normalized spacial score (nSPS) is 20.8. The number of piperazine rings is 1. The highest BCUT2D eigenvalue weighted by Gasteiger charge is 2.39. The zero-order chi connectivity index (χ0) is 22.6. The van der Waals surface area contributed by atoms with Crippen molar-refractivity contribution in [3.05, 3.63) is 77.2 Å². The van der Waals surface area contributed by atoms with E-state index in [0.717, 1.165) is 11.1 Å². The topological polar surface area (TPSA) is 90.0 Å². The van der Waals surface area contributed by atoms with Gasteiger partial charge in [0.1, 0.15) is 6.04 Å². The number of hydrogen-bond donors (Lipinski definition) is 1. The fraction of sp³-hybridized carbons (Fsp3) is 0.304. The van der Waals surface area contributed by atoms with E-state index in [2.05, 4.69) is 5.32 Å². The molecule has 0 aromatic heterocycles. The molecule has 2 fully saturated rings. The number of carbonyl (C=O) groups is 2. The van der Waals surface area contributed by atoms with Gasteiger partial charge in [-0.2, -0.15) is 4.31 Å². The summed E-state index contributed by atoms with van der Waals surface area (Å²) in [5.74, 6) is -0.250. The predicted octanol–water partition coefficient (Wildman–Crippen LogP) is 1.73. The quantitative estimate of drug-likeness (QED) is 0.644. The molecule has 2 heterocycles. The second-order valence-corrected chi connectivity index (χ2v) is 9.69. The maximum absolute atomic E-state index is 12.7. The third-order valence-electron chi connectivity index (χ3n) is 5.65. The molecule has 32 heavy (non-hydrogen) atoms. The highest BCUT2D eigenvalue weighted by atomic mass is 32.2. The molecule has 1 atom stereocenters. The summed E-state index contributed by atoms with van der Waals surface area (Å²) in [6.07, 6.45) is 2.03. The molecule has 4 rings (SSSR count). The van der Waals surface area contributed by atoms with Crippen LogP contribution < -0.4 is 5.32 Å². The van der Waals surface area contributed by atoms with Gasteiger partial charge in [-0.1, -0.05) is 60.7 Å². The van der Waals surface area contributed by atoms with Gasteiger partial charge in [0.15, 0.2) is 0 Å². The molecule has 3 amide bonds. The van der Waals surface area contributed by atoms with Crippen molar-refractivity contribution < 1.29 is 18.0 Å². The van der Waals surface area contributed by atoms with Crippen LogP contribution in [0.2, 0.25) is 0 Å². The molecule has 0 saturated carbocycles. The molecule has 2 aliphatic heterocycles. The zero-order valence-electron chi connectivity index (χ0n) is 17.6. The highest BCUT2D eigenvalue weighted by molar-refractivity contribution is 7.92. The summed E-state index contributed by atoms with van der Waals surface area (Å²) in [6.45, 7) is 1.65. The first-order chi connectivity index (χ1) is 15.4. The van der Waals surface area contributed by atoms with Gasteiger partial charge in [-0.25, -0.2) is 18.1 Å². The Morgan fingerprint density at radius 2 is 1.53 bits per heavy atom. The van der Waals surface area contributed by atoms with Crippen LogP contribution in [0.15, 0.2) is 66.1 Å². The first kappa shape index (κ1) is 22.2. The molecule has 2 aromatic rings. The van der Waals surface area contributed by atoms with Crippen LogP contribution in [0.25, 0.3) is 6.08 Å². The second kappa shape index (κ2) is 9.64. The number of rotatable bonds is 7. The van der Waals surface area contributed by atoms with Gasteiger partial charge in [0, 0.05) is 38.0 Å². The van der Waals surface area contributed by atoms with Gasteiger partial charge in [-0.05, 0) is 17.2 Å². The number of benzene rings is 2. The number of hydrogen-bond acceptors (Lipinski definition) is 5. The van der Waals surface area contributed by atoms with E-state index >= 15 is 0 Å². The monoisotopic (exact) mass is 454 g/mol. The van der Waals surface area contributed by atoms with Gasteiger partial charge in [-0.15, -0.1) is 0 Å². The van der Waals surface area contributed by atoms with Crippen molar-refractivity contribution in [1.82, 2.24) is 19.4 Å². The minimum Gasteiger partial charge on any atom is -0.325 e. The summed E-state index contributed by atoms with van der Waals surface area (Å²) in [6, 6.07) is 17.8. The number of nitrogens with zero attached hydrogens (tertiary/aromatic N) is 3. The van der Waals surface area contributed by atoms with Gasteiger partial charge in [0.25, 0.3) is 5.91 Å². The van der Waals surface area contributed by atoms with Crippen molar-refractivity contribution in [2.75, 3.05) is 32.8 Å². The summed E-state index contributed by atoms with van der Waals surface area (Å²) in [7, 11) is -3.53. The predicted molar refractivity (Wildman–Crippen MR) is 122 cm³/mol. The third-order valence-corrected chi connectivity index (χ3v) is 7.22. The standard InChI is InChI=1S/C23H26N4O4S/c28-22-21(17-20-9-5-2-6-10-20)24-23(29)27(22)18-25-12-14-26(15-13-25)32(30,31)16-11-19-7-3-1-4-8-19/h1-11,16,21H,12-15,17-18H2,(H,24,29). The maximum atomic E-state index is 12.7. The lowest BCUT2D eigenvalue weighted by atomic mass is 10.1. The summed E-state index contributed by atoms with van der Waals surface area (Å²) in [5, 5.41) is 3.98. The first-order valence-electron chi connectivity index (χ1n) is 10.5. The number of urea groups is 1. The second-order valence-electron chi connectivity index (χ2n) is 7.87. The van der Waals surface area contributed by atoms with Crippen LogP contribution in [0, 0.1) is 0 Å². The van der Waals surface area contributed by atoms with E-state index in [4.69, 9.17) is 0 Å². The van der Waals surface area contributed by atoms with Crippen molar-refractivity contribution >= 4 is 28.0 Å². The summed E-state index contributed by atoms with van der Waals surface area (Å²) in [5.41, 5.74) is 1.80. The van der Waals surface area contributed by atoms with E-state index in [9.17, 15) is 18.0 Å².